The SMILES string of the molecule is CCN1CCC(N(C)C(=O)NC(C)(C)CCC(=O)O)CC1. The minimum absolute atomic E-state index is 0.0614. The van der Waals surface area contributed by atoms with E-state index in [0.717, 1.165) is 32.5 Å². The van der Waals surface area contributed by atoms with Gasteiger partial charge in [0.2, 0.25) is 0 Å². The number of rotatable bonds is 6. The van der Waals surface area contributed by atoms with Crippen molar-refractivity contribution in [2.45, 2.75) is 58.0 Å². The molecule has 0 aromatic rings. The van der Waals surface area contributed by atoms with Gasteiger partial charge in [0, 0.05) is 38.1 Å². The van der Waals surface area contributed by atoms with Crippen molar-refractivity contribution in [1.82, 2.24) is 15.1 Å². The third kappa shape index (κ3) is 5.91. The molecule has 0 aromatic carbocycles. The molecule has 1 heterocycles. The van der Waals surface area contributed by atoms with Crippen molar-refractivity contribution in [2.24, 2.45) is 0 Å². The summed E-state index contributed by atoms with van der Waals surface area (Å²) < 4.78 is 0. The summed E-state index contributed by atoms with van der Waals surface area (Å²) in [7, 11) is 1.83. The Labute approximate surface area is 127 Å². The van der Waals surface area contributed by atoms with Crippen LogP contribution in [0.5, 0.6) is 0 Å². The number of aliphatic carboxylic acids is 1. The number of likely N-dealkylation sites (tertiary alicyclic amines) is 1. The number of hydrogen-bond acceptors (Lipinski definition) is 3. The zero-order valence-corrected chi connectivity index (χ0v) is 13.7. The molecule has 1 rings (SSSR count). The Hall–Kier alpha value is -1.30. The first-order chi connectivity index (χ1) is 9.75. The van der Waals surface area contributed by atoms with Crippen LogP contribution in [0, 0.1) is 0 Å². The van der Waals surface area contributed by atoms with E-state index in [1.165, 1.54) is 0 Å². The number of carboxylic acid groups (broad SMARTS) is 1. The highest BCUT2D eigenvalue weighted by molar-refractivity contribution is 5.75. The van der Waals surface area contributed by atoms with E-state index in [1.54, 1.807) is 4.90 Å². The fourth-order valence-corrected chi connectivity index (χ4v) is 2.65. The van der Waals surface area contributed by atoms with Crippen LogP contribution < -0.4 is 5.32 Å². The maximum Gasteiger partial charge on any atom is 0.317 e. The lowest BCUT2D eigenvalue weighted by atomic mass is 9.98. The molecule has 0 radical (unpaired) electrons. The van der Waals surface area contributed by atoms with E-state index < -0.39 is 11.5 Å². The van der Waals surface area contributed by atoms with Crippen LogP contribution in [0.4, 0.5) is 4.79 Å². The minimum atomic E-state index is -0.836. The molecule has 0 aromatic heterocycles. The molecular formula is C15H29N3O3. The predicted molar refractivity (Wildman–Crippen MR) is 82.4 cm³/mol. The Balaban J connectivity index is 2.45. The van der Waals surface area contributed by atoms with Crippen molar-refractivity contribution in [1.29, 1.82) is 0 Å². The van der Waals surface area contributed by atoms with Gasteiger partial charge < -0.3 is 20.2 Å². The van der Waals surface area contributed by atoms with Gasteiger partial charge in [-0.1, -0.05) is 6.92 Å². The van der Waals surface area contributed by atoms with Gasteiger partial charge in [-0.15, -0.1) is 0 Å². The van der Waals surface area contributed by atoms with Crippen LogP contribution in [0.1, 0.15) is 46.5 Å². The van der Waals surface area contributed by atoms with Crippen molar-refractivity contribution in [3.8, 4) is 0 Å². The van der Waals surface area contributed by atoms with Crippen LogP contribution in [0.15, 0.2) is 0 Å². The summed E-state index contributed by atoms with van der Waals surface area (Å²) in [6, 6.07) is 0.156. The Bertz CT molecular complexity index is 363. The van der Waals surface area contributed by atoms with Crippen molar-refractivity contribution in [3.05, 3.63) is 0 Å². The summed E-state index contributed by atoms with van der Waals surface area (Å²) in [6.45, 7) is 9.00. The van der Waals surface area contributed by atoms with Gasteiger partial charge in [-0.05, 0) is 39.7 Å². The lowest BCUT2D eigenvalue weighted by molar-refractivity contribution is -0.137. The van der Waals surface area contributed by atoms with Gasteiger partial charge in [0.25, 0.3) is 0 Å². The summed E-state index contributed by atoms with van der Waals surface area (Å²) in [6.07, 6.45) is 2.47. The number of nitrogens with zero attached hydrogens (tertiary/aromatic N) is 2. The summed E-state index contributed by atoms with van der Waals surface area (Å²) in [5, 5.41) is 11.7. The topological polar surface area (TPSA) is 72.9 Å². The van der Waals surface area contributed by atoms with Crippen LogP contribution in [0.25, 0.3) is 0 Å². The van der Waals surface area contributed by atoms with Crippen LogP contribution in [-0.4, -0.2) is 65.2 Å². The Morgan fingerprint density at radius 3 is 2.38 bits per heavy atom. The zero-order valence-electron chi connectivity index (χ0n) is 13.7. The molecular weight excluding hydrogens is 270 g/mol. The number of carboxylic acids is 1. The predicted octanol–water partition coefficient (Wildman–Crippen LogP) is 1.76. The lowest BCUT2D eigenvalue weighted by Crippen LogP contribution is -2.53. The minimum Gasteiger partial charge on any atom is -0.481 e. The third-order valence-corrected chi connectivity index (χ3v) is 4.28. The standard InChI is InChI=1S/C15H29N3O3/c1-5-18-10-7-12(8-11-18)17(4)14(21)16-15(2,3)9-6-13(19)20/h12H,5-11H2,1-4H3,(H,16,21)(H,19,20). The van der Waals surface area contributed by atoms with Crippen molar-refractivity contribution >= 4 is 12.0 Å². The van der Waals surface area contributed by atoms with Gasteiger partial charge >= 0.3 is 12.0 Å². The summed E-state index contributed by atoms with van der Waals surface area (Å²) in [5.74, 6) is -0.836. The van der Waals surface area contributed by atoms with Crippen LogP contribution in [0.3, 0.4) is 0 Å². The van der Waals surface area contributed by atoms with Crippen LogP contribution in [0.2, 0.25) is 0 Å². The molecule has 0 spiro atoms. The molecule has 6 nitrogen and oxygen atoms in total. The van der Waals surface area contributed by atoms with Crippen molar-refractivity contribution in [2.75, 3.05) is 26.7 Å². The Morgan fingerprint density at radius 1 is 1.33 bits per heavy atom. The molecule has 0 bridgehead atoms. The van der Waals surface area contributed by atoms with Gasteiger partial charge in [-0.2, -0.15) is 0 Å². The van der Waals surface area contributed by atoms with Crippen LogP contribution >= 0.6 is 0 Å². The molecule has 0 aliphatic carbocycles. The molecule has 122 valence electrons. The third-order valence-electron chi connectivity index (χ3n) is 4.28. The van der Waals surface area contributed by atoms with Crippen molar-refractivity contribution in [3.63, 3.8) is 0 Å². The summed E-state index contributed by atoms with van der Waals surface area (Å²) in [4.78, 5) is 27.1. The molecule has 1 aliphatic heterocycles. The lowest BCUT2D eigenvalue weighted by Gasteiger charge is -2.38. The van der Waals surface area contributed by atoms with E-state index in [0.29, 0.717) is 6.42 Å². The number of urea groups is 1. The maximum absolute atomic E-state index is 12.3. The molecule has 1 fully saturated rings. The maximum atomic E-state index is 12.3. The highest BCUT2D eigenvalue weighted by Gasteiger charge is 2.28. The molecule has 6 heteroatoms. The second-order valence-corrected chi connectivity index (χ2v) is 6.48. The number of carbonyl (C=O) groups is 2. The molecule has 2 N–H and O–H groups in total. The number of amides is 2. The smallest absolute Gasteiger partial charge is 0.317 e. The largest absolute Gasteiger partial charge is 0.481 e. The first kappa shape index (κ1) is 17.8. The molecule has 1 aliphatic rings. The molecule has 2 amide bonds. The first-order valence-electron chi connectivity index (χ1n) is 7.74. The molecule has 21 heavy (non-hydrogen) atoms. The van der Waals surface area contributed by atoms with E-state index in [4.69, 9.17) is 5.11 Å². The normalized spacial score (nSPS) is 17.5. The average molecular weight is 299 g/mol. The quantitative estimate of drug-likeness (QED) is 0.784. The molecule has 0 atom stereocenters. The zero-order chi connectivity index (χ0) is 16.0. The van der Waals surface area contributed by atoms with E-state index in [1.807, 2.05) is 20.9 Å². The Morgan fingerprint density at radius 2 is 1.90 bits per heavy atom. The van der Waals surface area contributed by atoms with E-state index in [9.17, 15) is 9.59 Å². The number of hydrogen-bond donors (Lipinski definition) is 2. The fraction of sp³-hybridized carbons (Fsp3) is 0.867. The van der Waals surface area contributed by atoms with E-state index in [2.05, 4.69) is 17.1 Å². The summed E-state index contributed by atoms with van der Waals surface area (Å²) in [5.41, 5.74) is -0.506. The molecule has 1 saturated heterocycles. The summed E-state index contributed by atoms with van der Waals surface area (Å²) >= 11 is 0. The second-order valence-electron chi connectivity index (χ2n) is 6.48. The van der Waals surface area contributed by atoms with Gasteiger partial charge in [-0.25, -0.2) is 4.79 Å². The average Bonchev–Trinajstić information content (AvgIpc) is 2.44. The highest BCUT2D eigenvalue weighted by Crippen LogP contribution is 2.17. The monoisotopic (exact) mass is 299 g/mol. The van der Waals surface area contributed by atoms with Crippen LogP contribution in [-0.2, 0) is 4.79 Å². The van der Waals surface area contributed by atoms with E-state index in [-0.39, 0.29) is 18.5 Å². The highest BCUT2D eigenvalue weighted by atomic mass is 16.4. The fourth-order valence-electron chi connectivity index (χ4n) is 2.65. The first-order valence-corrected chi connectivity index (χ1v) is 7.74. The second kappa shape index (κ2) is 7.64. The number of carbonyl (C=O) groups excluding carboxylic acids is 1. The molecule has 0 unspecified atom stereocenters. The van der Waals surface area contributed by atoms with Gasteiger partial charge in [0.05, 0.1) is 0 Å². The van der Waals surface area contributed by atoms with Gasteiger partial charge in [0.15, 0.2) is 0 Å². The van der Waals surface area contributed by atoms with Gasteiger partial charge in [0.1, 0.15) is 0 Å². The van der Waals surface area contributed by atoms with E-state index >= 15 is 0 Å². The number of piperidine rings is 1. The number of nitrogens with one attached hydrogen (secondary N) is 1. The van der Waals surface area contributed by atoms with Gasteiger partial charge in [-0.3, -0.25) is 4.79 Å². The Kier molecular flexibility index (Phi) is 6.45. The van der Waals surface area contributed by atoms with Crippen molar-refractivity contribution < 1.29 is 14.7 Å². The molecule has 0 saturated carbocycles.